The van der Waals surface area contributed by atoms with Crippen LogP contribution in [0.25, 0.3) is 11.3 Å². The summed E-state index contributed by atoms with van der Waals surface area (Å²) in [6.07, 6.45) is 5.15. The average Bonchev–Trinajstić information content (AvgIpc) is 2.78. The van der Waals surface area contributed by atoms with Gasteiger partial charge in [0.2, 0.25) is 0 Å². The smallest absolute Gasteiger partial charge is 0.271 e. The number of rotatable bonds is 2. The Kier molecular flexibility index (Phi) is 2.58. The van der Waals surface area contributed by atoms with Crippen LogP contribution >= 0.6 is 0 Å². The Morgan fingerprint density at radius 1 is 1.47 bits per heavy atom. The van der Waals surface area contributed by atoms with E-state index in [1.54, 1.807) is 6.07 Å². The summed E-state index contributed by atoms with van der Waals surface area (Å²) in [5.41, 5.74) is 5.18. The maximum absolute atomic E-state index is 13.9. The number of terminal acetylenes is 1. The van der Waals surface area contributed by atoms with E-state index < -0.39 is 11.7 Å². The van der Waals surface area contributed by atoms with Crippen molar-refractivity contribution in [2.24, 2.45) is 5.73 Å². The highest BCUT2D eigenvalue weighted by atomic mass is 19.1. The Labute approximate surface area is 95.8 Å². The second kappa shape index (κ2) is 4.06. The molecule has 0 aliphatic heterocycles. The summed E-state index contributed by atoms with van der Waals surface area (Å²) < 4.78 is 13.9. The molecular weight excluding hydrogens is 223 g/mol. The number of hydrogen-bond acceptors (Lipinski definition) is 3. The van der Waals surface area contributed by atoms with Gasteiger partial charge in [-0.2, -0.15) is 15.4 Å². The third kappa shape index (κ3) is 1.74. The number of primary amides is 1. The molecule has 1 aromatic carbocycles. The number of halogens is 1. The molecule has 0 atom stereocenters. The predicted octanol–water partition coefficient (Wildman–Crippen LogP) is 0.691. The lowest BCUT2D eigenvalue weighted by molar-refractivity contribution is 0.0996. The van der Waals surface area contributed by atoms with Crippen LogP contribution in [-0.2, 0) is 0 Å². The quantitative estimate of drug-likeness (QED) is 0.744. The number of carbonyl (C=O) groups is 1. The highest BCUT2D eigenvalue weighted by Crippen LogP contribution is 2.24. The standard InChI is InChI=1S/C11H7FN4O/c1-2-6-4-3-5-7(8(6)12)9-10(11(13)17)15-16-14-9/h1,3-5H,(H2,13,17)(H,14,15,16). The fourth-order valence-electron chi connectivity index (χ4n) is 1.42. The van der Waals surface area contributed by atoms with Gasteiger partial charge in [-0.15, -0.1) is 6.42 Å². The lowest BCUT2D eigenvalue weighted by Gasteiger charge is -2.02. The first-order valence-corrected chi connectivity index (χ1v) is 4.61. The van der Waals surface area contributed by atoms with Gasteiger partial charge in [0.1, 0.15) is 11.5 Å². The zero-order valence-electron chi connectivity index (χ0n) is 8.57. The number of hydrogen-bond donors (Lipinski definition) is 2. The number of aromatic amines is 1. The average molecular weight is 230 g/mol. The van der Waals surface area contributed by atoms with Crippen molar-refractivity contribution in [2.75, 3.05) is 0 Å². The summed E-state index contributed by atoms with van der Waals surface area (Å²) in [5.74, 6) is 0.771. The molecule has 2 aromatic rings. The third-order valence-corrected chi connectivity index (χ3v) is 2.19. The van der Waals surface area contributed by atoms with Crippen LogP contribution in [0.2, 0.25) is 0 Å². The van der Waals surface area contributed by atoms with Crippen molar-refractivity contribution >= 4 is 5.91 Å². The minimum atomic E-state index is -0.792. The van der Waals surface area contributed by atoms with Crippen LogP contribution in [0, 0.1) is 18.2 Å². The van der Waals surface area contributed by atoms with Crippen LogP contribution in [-0.4, -0.2) is 21.3 Å². The molecule has 0 unspecified atom stereocenters. The molecule has 6 heteroatoms. The van der Waals surface area contributed by atoms with Crippen LogP contribution in [0.3, 0.4) is 0 Å². The minimum absolute atomic E-state index is 0.0482. The van der Waals surface area contributed by atoms with Gasteiger partial charge in [0.05, 0.1) is 5.56 Å². The molecule has 0 bridgehead atoms. The van der Waals surface area contributed by atoms with E-state index in [-0.39, 0.29) is 22.5 Å². The van der Waals surface area contributed by atoms with Gasteiger partial charge in [-0.25, -0.2) is 4.39 Å². The van der Waals surface area contributed by atoms with Crippen molar-refractivity contribution in [3.63, 3.8) is 0 Å². The van der Waals surface area contributed by atoms with Crippen molar-refractivity contribution in [1.29, 1.82) is 0 Å². The number of H-pyrrole nitrogens is 1. The summed E-state index contributed by atoms with van der Waals surface area (Å²) in [4.78, 5) is 11.1. The van der Waals surface area contributed by atoms with Crippen LogP contribution in [0.4, 0.5) is 4.39 Å². The van der Waals surface area contributed by atoms with Crippen molar-refractivity contribution in [1.82, 2.24) is 15.4 Å². The van der Waals surface area contributed by atoms with Crippen molar-refractivity contribution in [3.05, 3.63) is 35.3 Å². The molecule has 17 heavy (non-hydrogen) atoms. The van der Waals surface area contributed by atoms with Gasteiger partial charge < -0.3 is 5.73 Å². The summed E-state index contributed by atoms with van der Waals surface area (Å²) >= 11 is 0. The largest absolute Gasteiger partial charge is 0.364 e. The van der Waals surface area contributed by atoms with Gasteiger partial charge in [0.25, 0.3) is 5.91 Å². The Hall–Kier alpha value is -2.68. The zero-order chi connectivity index (χ0) is 12.4. The maximum atomic E-state index is 13.9. The number of amides is 1. The highest BCUT2D eigenvalue weighted by Gasteiger charge is 2.19. The molecule has 3 N–H and O–H groups in total. The number of nitrogens with one attached hydrogen (secondary N) is 1. The van der Waals surface area contributed by atoms with Crippen molar-refractivity contribution in [3.8, 4) is 23.6 Å². The summed E-state index contributed by atoms with van der Waals surface area (Å²) in [5, 5.41) is 9.48. The molecule has 0 aliphatic rings. The monoisotopic (exact) mass is 230 g/mol. The Morgan fingerprint density at radius 2 is 2.24 bits per heavy atom. The Morgan fingerprint density at radius 3 is 2.88 bits per heavy atom. The van der Waals surface area contributed by atoms with Crippen molar-refractivity contribution < 1.29 is 9.18 Å². The van der Waals surface area contributed by atoms with Crippen LogP contribution in [0.5, 0.6) is 0 Å². The van der Waals surface area contributed by atoms with Gasteiger partial charge in [-0.1, -0.05) is 12.0 Å². The van der Waals surface area contributed by atoms with Crippen LogP contribution in [0.15, 0.2) is 18.2 Å². The lowest BCUT2D eigenvalue weighted by Crippen LogP contribution is -2.13. The van der Waals surface area contributed by atoms with E-state index in [1.165, 1.54) is 12.1 Å². The van der Waals surface area contributed by atoms with Crippen molar-refractivity contribution in [2.45, 2.75) is 0 Å². The highest BCUT2D eigenvalue weighted by molar-refractivity contribution is 5.96. The normalized spacial score (nSPS) is 9.88. The SMILES string of the molecule is C#Cc1cccc(-c2n[nH]nc2C(N)=O)c1F. The molecule has 1 aromatic heterocycles. The van der Waals surface area contributed by atoms with E-state index in [2.05, 4.69) is 21.3 Å². The zero-order valence-corrected chi connectivity index (χ0v) is 8.57. The Balaban J connectivity index is 2.66. The molecule has 0 fully saturated rings. The first-order valence-electron chi connectivity index (χ1n) is 4.61. The molecule has 0 saturated heterocycles. The molecule has 0 saturated carbocycles. The third-order valence-electron chi connectivity index (χ3n) is 2.19. The molecule has 2 rings (SSSR count). The van der Waals surface area contributed by atoms with E-state index >= 15 is 0 Å². The molecule has 1 heterocycles. The topological polar surface area (TPSA) is 84.7 Å². The first kappa shape index (κ1) is 10.8. The molecule has 1 amide bonds. The summed E-state index contributed by atoms with van der Waals surface area (Å²) in [6.45, 7) is 0. The number of carbonyl (C=O) groups excluding carboxylic acids is 1. The second-order valence-electron chi connectivity index (χ2n) is 3.20. The number of nitrogens with zero attached hydrogens (tertiary/aromatic N) is 2. The van der Waals surface area contributed by atoms with Crippen LogP contribution < -0.4 is 5.73 Å². The molecule has 84 valence electrons. The molecule has 0 spiro atoms. The fraction of sp³-hybridized carbons (Fsp3) is 0. The maximum Gasteiger partial charge on any atom is 0.271 e. The van der Waals surface area contributed by atoms with E-state index in [0.717, 1.165) is 0 Å². The molecular formula is C11H7FN4O. The fourth-order valence-corrected chi connectivity index (χ4v) is 1.42. The molecule has 5 nitrogen and oxygen atoms in total. The van der Waals surface area contributed by atoms with Gasteiger partial charge in [0, 0.05) is 5.56 Å². The second-order valence-corrected chi connectivity index (χ2v) is 3.20. The van der Waals surface area contributed by atoms with E-state index in [1.807, 2.05) is 0 Å². The number of nitrogens with two attached hydrogens (primary N) is 1. The molecule has 0 aliphatic carbocycles. The van der Waals surface area contributed by atoms with E-state index in [4.69, 9.17) is 12.2 Å². The van der Waals surface area contributed by atoms with Gasteiger partial charge in [-0.3, -0.25) is 4.79 Å². The lowest BCUT2D eigenvalue weighted by atomic mass is 10.1. The number of aromatic nitrogens is 3. The Bertz CT molecular complexity index is 627. The predicted molar refractivity (Wildman–Crippen MR) is 58.2 cm³/mol. The minimum Gasteiger partial charge on any atom is -0.364 e. The summed E-state index contributed by atoms with van der Waals surface area (Å²) in [7, 11) is 0. The van der Waals surface area contributed by atoms with E-state index in [0.29, 0.717) is 0 Å². The van der Waals surface area contributed by atoms with Gasteiger partial charge >= 0.3 is 0 Å². The van der Waals surface area contributed by atoms with Gasteiger partial charge in [-0.05, 0) is 12.1 Å². The first-order chi connectivity index (χ1) is 8.15. The number of benzene rings is 1. The molecule has 0 radical (unpaired) electrons. The van der Waals surface area contributed by atoms with Crippen LogP contribution in [0.1, 0.15) is 16.1 Å². The van der Waals surface area contributed by atoms with E-state index in [9.17, 15) is 9.18 Å². The summed E-state index contributed by atoms with van der Waals surface area (Å²) in [6, 6.07) is 4.45. The van der Waals surface area contributed by atoms with Gasteiger partial charge in [0.15, 0.2) is 5.69 Å².